The number of hydrogen-bond acceptors (Lipinski definition) is 7. The smallest absolute Gasteiger partial charge is 0.101 e. The first-order chi connectivity index (χ1) is 13.4. The quantitative estimate of drug-likeness (QED) is 0.267. The summed E-state index contributed by atoms with van der Waals surface area (Å²) in [6.07, 6.45) is 6.08. The number of anilines is 2. The van der Waals surface area contributed by atoms with Gasteiger partial charge in [0.25, 0.3) is 0 Å². The van der Waals surface area contributed by atoms with Gasteiger partial charge in [-0.25, -0.2) is 0 Å². The molecular weight excluding hydrogens is 368 g/mol. The molecule has 0 fully saturated rings. The molecule has 3 rings (SSSR count). The summed E-state index contributed by atoms with van der Waals surface area (Å²) in [5.74, 6) is 0. The van der Waals surface area contributed by atoms with Crippen LogP contribution in [0.15, 0.2) is 42.2 Å². The van der Waals surface area contributed by atoms with Crippen LogP contribution in [0.25, 0.3) is 0 Å². The molecule has 1 atom stereocenters. The number of pyridine rings is 1. The van der Waals surface area contributed by atoms with E-state index in [1.165, 1.54) is 0 Å². The Labute approximate surface area is 169 Å². The molecule has 1 heterocycles. The number of benzene rings is 1. The molecule has 1 aliphatic rings. The van der Waals surface area contributed by atoms with E-state index in [9.17, 15) is 0 Å². The third kappa shape index (κ3) is 4.18. The zero-order valence-corrected chi connectivity index (χ0v) is 16.4. The molecule has 2 aromatic rings. The minimum Gasteiger partial charge on any atom is -0.402 e. The lowest BCUT2D eigenvalue weighted by molar-refractivity contribution is 0.583. The van der Waals surface area contributed by atoms with E-state index in [1.54, 1.807) is 25.3 Å². The Morgan fingerprint density at radius 1 is 1.43 bits per heavy atom. The van der Waals surface area contributed by atoms with E-state index in [4.69, 9.17) is 34.4 Å². The average molecular weight is 391 g/mol. The maximum absolute atomic E-state index is 9.09. The second-order valence-corrected chi connectivity index (χ2v) is 7.34. The molecule has 1 aromatic carbocycles. The van der Waals surface area contributed by atoms with E-state index in [1.807, 2.05) is 18.2 Å². The lowest BCUT2D eigenvalue weighted by atomic mass is 9.91. The molecule has 0 radical (unpaired) electrons. The highest BCUT2D eigenvalue weighted by atomic mass is 32.1. The normalized spacial score (nSPS) is 16.0. The average Bonchev–Trinajstić information content (AvgIpc) is 2.68. The van der Waals surface area contributed by atoms with E-state index in [2.05, 4.69) is 16.4 Å². The second-order valence-electron chi connectivity index (χ2n) is 6.90. The number of allylic oxidation sites excluding steroid dienone is 2. The van der Waals surface area contributed by atoms with Crippen LogP contribution < -0.4 is 16.8 Å². The maximum Gasteiger partial charge on any atom is 0.101 e. The molecule has 0 bridgehead atoms. The third-order valence-electron chi connectivity index (χ3n) is 4.67. The number of nitrogens with one attached hydrogen (secondary N) is 2. The monoisotopic (exact) mass is 390 g/mol. The molecule has 28 heavy (non-hydrogen) atoms. The fourth-order valence-electron chi connectivity index (χ4n) is 3.35. The van der Waals surface area contributed by atoms with Crippen LogP contribution >= 0.6 is 12.2 Å². The predicted octanol–water partition coefficient (Wildman–Crippen LogP) is 3.63. The Balaban J connectivity index is 1.87. The molecular formula is C21H22N6S. The molecule has 0 saturated heterocycles. The fraction of sp³-hybridized carbons (Fsp3) is 0.238. The highest BCUT2D eigenvalue weighted by Crippen LogP contribution is 2.32. The largest absolute Gasteiger partial charge is 0.402 e. The van der Waals surface area contributed by atoms with E-state index in [0.29, 0.717) is 27.4 Å². The summed E-state index contributed by atoms with van der Waals surface area (Å²) in [5.41, 5.74) is 17.0. The number of nitrogens with two attached hydrogens (primary N) is 2. The standard InChI is InChI=1S/C21H22N6S/c1-12(23)7-19(28)20(25)16-9-15(5-6-17(16)24)27-18-4-2-3-14-8-13(10-22)11-26-21(14)18/h5-9,11,18,25,27H,2-4,23-24H2,1H3. The van der Waals surface area contributed by atoms with Gasteiger partial charge in [0.1, 0.15) is 6.07 Å². The van der Waals surface area contributed by atoms with E-state index >= 15 is 0 Å². The van der Waals surface area contributed by atoms with Crippen LogP contribution in [-0.4, -0.2) is 15.6 Å². The van der Waals surface area contributed by atoms with Gasteiger partial charge < -0.3 is 16.8 Å². The number of hydrogen-bond donors (Lipinski definition) is 4. The summed E-state index contributed by atoms with van der Waals surface area (Å²) in [4.78, 5) is 4.85. The summed E-state index contributed by atoms with van der Waals surface area (Å²) >= 11 is 5.28. The molecule has 0 amide bonds. The van der Waals surface area contributed by atoms with Crippen LogP contribution in [0.3, 0.4) is 0 Å². The number of aryl methyl sites for hydroxylation is 1. The fourth-order valence-corrected chi connectivity index (χ4v) is 3.64. The van der Waals surface area contributed by atoms with Gasteiger partial charge >= 0.3 is 0 Å². The first kappa shape index (κ1) is 19.5. The second kappa shape index (κ2) is 8.19. The van der Waals surface area contributed by atoms with Gasteiger partial charge in [-0.05, 0) is 62.1 Å². The van der Waals surface area contributed by atoms with Gasteiger partial charge in [-0.1, -0.05) is 12.2 Å². The number of fused-ring (bicyclic) bond motifs is 1. The number of nitrogens with zero attached hydrogens (tertiary/aromatic N) is 2. The van der Waals surface area contributed by atoms with Crippen molar-refractivity contribution in [3.05, 3.63) is 64.6 Å². The molecule has 142 valence electrons. The Morgan fingerprint density at radius 3 is 2.93 bits per heavy atom. The van der Waals surface area contributed by atoms with E-state index < -0.39 is 0 Å². The summed E-state index contributed by atoms with van der Waals surface area (Å²) in [5, 5.41) is 20.9. The number of thiocarbonyl (C=S) groups is 1. The van der Waals surface area contributed by atoms with Gasteiger partial charge in [0.05, 0.1) is 27.9 Å². The third-order valence-corrected chi connectivity index (χ3v) is 4.99. The summed E-state index contributed by atoms with van der Waals surface area (Å²) in [6.45, 7) is 1.73. The minimum absolute atomic E-state index is 0.0419. The van der Waals surface area contributed by atoms with Crippen molar-refractivity contribution in [1.29, 1.82) is 10.7 Å². The van der Waals surface area contributed by atoms with Crippen molar-refractivity contribution in [2.45, 2.75) is 32.2 Å². The van der Waals surface area contributed by atoms with Crippen LogP contribution in [0.4, 0.5) is 11.4 Å². The number of aromatic nitrogens is 1. The molecule has 0 saturated carbocycles. The van der Waals surface area contributed by atoms with Crippen molar-refractivity contribution in [3.63, 3.8) is 0 Å². The highest BCUT2D eigenvalue weighted by molar-refractivity contribution is 7.82. The van der Waals surface area contributed by atoms with Crippen molar-refractivity contribution >= 4 is 34.2 Å². The van der Waals surface area contributed by atoms with Gasteiger partial charge in [-0.3, -0.25) is 10.4 Å². The maximum atomic E-state index is 9.09. The summed E-state index contributed by atoms with van der Waals surface area (Å²) < 4.78 is 0. The zero-order chi connectivity index (χ0) is 20.3. The number of nitriles is 1. The molecule has 1 unspecified atom stereocenters. The van der Waals surface area contributed by atoms with Crippen molar-refractivity contribution in [3.8, 4) is 6.07 Å². The number of nitrogen functional groups attached to an aromatic ring is 1. The van der Waals surface area contributed by atoms with Gasteiger partial charge in [0.2, 0.25) is 0 Å². The predicted molar refractivity (Wildman–Crippen MR) is 116 cm³/mol. The van der Waals surface area contributed by atoms with Crippen molar-refractivity contribution in [2.24, 2.45) is 5.73 Å². The van der Waals surface area contributed by atoms with Crippen molar-refractivity contribution in [1.82, 2.24) is 4.98 Å². The topological polar surface area (TPSA) is 125 Å². The van der Waals surface area contributed by atoms with Crippen LogP contribution in [0.5, 0.6) is 0 Å². The molecule has 6 N–H and O–H groups in total. The molecule has 0 aliphatic heterocycles. The Kier molecular flexibility index (Phi) is 5.71. The zero-order valence-electron chi connectivity index (χ0n) is 15.6. The van der Waals surface area contributed by atoms with Gasteiger partial charge in [-0.15, -0.1) is 0 Å². The molecule has 1 aliphatic carbocycles. The number of rotatable bonds is 5. The lowest BCUT2D eigenvalue weighted by Crippen LogP contribution is -2.20. The minimum atomic E-state index is 0.0419. The van der Waals surface area contributed by atoms with E-state index in [0.717, 1.165) is 36.2 Å². The molecule has 0 spiro atoms. The summed E-state index contributed by atoms with van der Waals surface area (Å²) in [7, 11) is 0. The molecule has 1 aromatic heterocycles. The Morgan fingerprint density at radius 2 is 2.21 bits per heavy atom. The first-order valence-corrected chi connectivity index (χ1v) is 9.42. The SMILES string of the molecule is CC(N)=CC(=S)C(=N)c1cc(NC2CCCc3cc(C#N)cnc32)ccc1N. The first-order valence-electron chi connectivity index (χ1n) is 9.01. The Bertz CT molecular complexity index is 1010. The molecule has 7 heteroatoms. The van der Waals surface area contributed by atoms with Gasteiger partial charge in [-0.2, -0.15) is 5.26 Å². The van der Waals surface area contributed by atoms with Gasteiger partial charge in [0, 0.05) is 28.8 Å². The van der Waals surface area contributed by atoms with Gasteiger partial charge in [0.15, 0.2) is 0 Å². The Hall–Kier alpha value is -3.24. The summed E-state index contributed by atoms with van der Waals surface area (Å²) in [6, 6.07) is 9.59. The van der Waals surface area contributed by atoms with Crippen LogP contribution in [-0.2, 0) is 6.42 Å². The highest BCUT2D eigenvalue weighted by Gasteiger charge is 2.22. The van der Waals surface area contributed by atoms with Crippen LogP contribution in [0.1, 0.15) is 48.2 Å². The van der Waals surface area contributed by atoms with Crippen LogP contribution in [0, 0.1) is 16.7 Å². The van der Waals surface area contributed by atoms with Crippen LogP contribution in [0.2, 0.25) is 0 Å². The van der Waals surface area contributed by atoms with Crippen molar-refractivity contribution < 1.29 is 0 Å². The van der Waals surface area contributed by atoms with E-state index in [-0.39, 0.29) is 11.8 Å². The molecule has 6 nitrogen and oxygen atoms in total. The lowest BCUT2D eigenvalue weighted by Gasteiger charge is -2.26. The van der Waals surface area contributed by atoms with Crippen molar-refractivity contribution in [2.75, 3.05) is 11.1 Å².